The van der Waals surface area contributed by atoms with Crippen molar-refractivity contribution in [2.24, 2.45) is 0 Å². The average molecular weight is 379 g/mol. The summed E-state index contributed by atoms with van der Waals surface area (Å²) in [4.78, 5) is 29.5. The summed E-state index contributed by atoms with van der Waals surface area (Å²) in [5, 5.41) is 0.762. The first-order valence-corrected chi connectivity index (χ1v) is 9.72. The van der Waals surface area contributed by atoms with Crippen LogP contribution in [-0.4, -0.2) is 23.3 Å². The van der Waals surface area contributed by atoms with E-state index in [9.17, 15) is 9.59 Å². The third kappa shape index (κ3) is 4.68. The first-order chi connectivity index (χ1) is 13.1. The van der Waals surface area contributed by atoms with Gasteiger partial charge in [0.1, 0.15) is 9.88 Å². The Morgan fingerprint density at radius 1 is 1.04 bits per heavy atom. The van der Waals surface area contributed by atoms with Crippen molar-refractivity contribution in [3.8, 4) is 10.6 Å². The molecule has 5 heteroatoms. The van der Waals surface area contributed by atoms with E-state index in [1.54, 1.807) is 19.1 Å². The standard InChI is InChI=1S/C22H21NO3S/c1-3-7-16-10-12-17(13-11-16)19(24)14-26-22(25)20-15(2)23-21(27-20)18-8-5-4-6-9-18/h4-6,8-13H,3,7,14H2,1-2H3. The number of nitrogens with zero attached hydrogens (tertiary/aromatic N) is 1. The molecule has 0 atom stereocenters. The molecule has 0 aliphatic rings. The lowest BCUT2D eigenvalue weighted by atomic mass is 10.1. The number of hydrogen-bond donors (Lipinski definition) is 0. The molecule has 0 aliphatic carbocycles. The van der Waals surface area contributed by atoms with E-state index in [1.807, 2.05) is 42.5 Å². The molecule has 0 fully saturated rings. The van der Waals surface area contributed by atoms with Crippen molar-refractivity contribution >= 4 is 23.1 Å². The Hall–Kier alpha value is -2.79. The molecule has 0 spiro atoms. The SMILES string of the molecule is CCCc1ccc(C(=O)COC(=O)c2sc(-c3ccccc3)nc2C)cc1. The van der Waals surface area contributed by atoms with Crippen molar-refractivity contribution in [2.75, 3.05) is 6.61 Å². The van der Waals surface area contributed by atoms with Crippen LogP contribution in [0.3, 0.4) is 0 Å². The molecule has 1 aromatic heterocycles. The van der Waals surface area contributed by atoms with E-state index >= 15 is 0 Å². The van der Waals surface area contributed by atoms with Crippen molar-refractivity contribution < 1.29 is 14.3 Å². The maximum absolute atomic E-state index is 12.4. The highest BCUT2D eigenvalue weighted by atomic mass is 32.1. The predicted molar refractivity (Wildman–Crippen MR) is 107 cm³/mol. The lowest BCUT2D eigenvalue weighted by Gasteiger charge is -2.04. The number of ether oxygens (including phenoxy) is 1. The molecule has 2 aromatic carbocycles. The second-order valence-corrected chi connectivity index (χ2v) is 7.24. The molecule has 0 aliphatic heterocycles. The van der Waals surface area contributed by atoms with E-state index in [0.717, 1.165) is 23.4 Å². The Labute approximate surface area is 162 Å². The number of esters is 1. The summed E-state index contributed by atoms with van der Waals surface area (Å²) in [5.41, 5.74) is 3.31. The normalized spacial score (nSPS) is 10.6. The number of aromatic nitrogens is 1. The van der Waals surface area contributed by atoms with Crippen LogP contribution in [0.5, 0.6) is 0 Å². The van der Waals surface area contributed by atoms with Gasteiger partial charge in [-0.3, -0.25) is 4.79 Å². The summed E-state index contributed by atoms with van der Waals surface area (Å²) in [6.07, 6.45) is 2.04. The molecule has 0 amide bonds. The molecule has 0 unspecified atom stereocenters. The van der Waals surface area contributed by atoms with E-state index in [1.165, 1.54) is 16.9 Å². The van der Waals surface area contributed by atoms with E-state index in [4.69, 9.17) is 4.74 Å². The smallest absolute Gasteiger partial charge is 0.350 e. The summed E-state index contributed by atoms with van der Waals surface area (Å²) in [6.45, 7) is 3.61. The van der Waals surface area contributed by atoms with Crippen LogP contribution < -0.4 is 0 Å². The van der Waals surface area contributed by atoms with Crippen molar-refractivity contribution in [2.45, 2.75) is 26.7 Å². The highest BCUT2D eigenvalue weighted by molar-refractivity contribution is 7.17. The van der Waals surface area contributed by atoms with E-state index < -0.39 is 5.97 Å². The summed E-state index contributed by atoms with van der Waals surface area (Å²) >= 11 is 1.28. The summed E-state index contributed by atoms with van der Waals surface area (Å²) < 4.78 is 5.23. The fraction of sp³-hybridized carbons (Fsp3) is 0.227. The largest absolute Gasteiger partial charge is 0.453 e. The van der Waals surface area contributed by atoms with Crippen LogP contribution in [0.25, 0.3) is 10.6 Å². The van der Waals surface area contributed by atoms with Crippen molar-refractivity contribution in [3.63, 3.8) is 0 Å². The zero-order valence-corrected chi connectivity index (χ0v) is 16.2. The van der Waals surface area contributed by atoms with Crippen LogP contribution in [0.4, 0.5) is 0 Å². The number of carbonyl (C=O) groups excluding carboxylic acids is 2. The summed E-state index contributed by atoms with van der Waals surface area (Å²) in [5.74, 6) is -0.722. The Bertz CT molecular complexity index is 930. The lowest BCUT2D eigenvalue weighted by molar-refractivity contribution is 0.0478. The van der Waals surface area contributed by atoms with Crippen LogP contribution in [-0.2, 0) is 11.2 Å². The minimum atomic E-state index is -0.511. The number of benzene rings is 2. The molecule has 3 aromatic rings. The maximum atomic E-state index is 12.4. The molecule has 3 rings (SSSR count). The second-order valence-electron chi connectivity index (χ2n) is 6.25. The fourth-order valence-corrected chi connectivity index (χ4v) is 3.68. The van der Waals surface area contributed by atoms with Crippen LogP contribution in [0.1, 0.15) is 44.6 Å². The van der Waals surface area contributed by atoms with Gasteiger partial charge in [-0.2, -0.15) is 0 Å². The van der Waals surface area contributed by atoms with Gasteiger partial charge in [0.2, 0.25) is 0 Å². The number of Topliss-reactive ketones (excluding diaryl/α,β-unsaturated/α-hetero) is 1. The first kappa shape index (κ1) is 19.0. The van der Waals surface area contributed by atoms with Crippen LogP contribution in [0, 0.1) is 6.92 Å². The fourth-order valence-electron chi connectivity index (χ4n) is 2.72. The maximum Gasteiger partial charge on any atom is 0.350 e. The van der Waals surface area contributed by atoms with Crippen molar-refractivity contribution in [3.05, 3.63) is 76.3 Å². The Kier molecular flexibility index (Phi) is 6.14. The van der Waals surface area contributed by atoms with Crippen molar-refractivity contribution in [1.82, 2.24) is 4.98 Å². The number of aryl methyl sites for hydroxylation is 2. The van der Waals surface area contributed by atoms with Gasteiger partial charge >= 0.3 is 5.97 Å². The molecule has 0 bridgehead atoms. The van der Waals surface area contributed by atoms with Crippen LogP contribution >= 0.6 is 11.3 Å². The molecule has 138 valence electrons. The van der Waals surface area contributed by atoms with Gasteiger partial charge in [0, 0.05) is 11.1 Å². The van der Waals surface area contributed by atoms with Gasteiger partial charge in [-0.05, 0) is 18.9 Å². The van der Waals surface area contributed by atoms with Gasteiger partial charge in [-0.25, -0.2) is 9.78 Å². The number of ketones is 1. The van der Waals surface area contributed by atoms with Crippen LogP contribution in [0.15, 0.2) is 54.6 Å². The van der Waals surface area contributed by atoms with Crippen LogP contribution in [0.2, 0.25) is 0 Å². The number of thiazole rings is 1. The molecular weight excluding hydrogens is 358 g/mol. The van der Waals surface area contributed by atoms with Gasteiger partial charge in [0.25, 0.3) is 0 Å². The third-order valence-electron chi connectivity index (χ3n) is 4.15. The zero-order valence-electron chi connectivity index (χ0n) is 15.4. The molecule has 0 saturated carbocycles. The first-order valence-electron chi connectivity index (χ1n) is 8.90. The number of rotatable bonds is 7. The van der Waals surface area contributed by atoms with Gasteiger partial charge in [-0.15, -0.1) is 11.3 Å². The third-order valence-corrected chi connectivity index (χ3v) is 5.34. The quantitative estimate of drug-likeness (QED) is 0.423. The van der Waals surface area contributed by atoms with Gasteiger partial charge in [0.05, 0.1) is 5.69 Å². The van der Waals surface area contributed by atoms with E-state index in [-0.39, 0.29) is 12.4 Å². The lowest BCUT2D eigenvalue weighted by Crippen LogP contribution is -2.14. The number of hydrogen-bond acceptors (Lipinski definition) is 5. The molecule has 4 nitrogen and oxygen atoms in total. The molecule has 1 heterocycles. The molecular formula is C22H21NO3S. The summed E-state index contributed by atoms with van der Waals surface area (Å²) in [6, 6.07) is 17.1. The highest BCUT2D eigenvalue weighted by Crippen LogP contribution is 2.28. The Balaban J connectivity index is 1.64. The number of carbonyl (C=O) groups is 2. The topological polar surface area (TPSA) is 56.3 Å². The van der Waals surface area contributed by atoms with E-state index in [0.29, 0.717) is 16.1 Å². The monoisotopic (exact) mass is 379 g/mol. The minimum Gasteiger partial charge on any atom is -0.453 e. The predicted octanol–water partition coefficient (Wildman–Crippen LogP) is 5.11. The molecule has 0 saturated heterocycles. The molecule has 0 radical (unpaired) electrons. The van der Waals surface area contributed by atoms with Gasteiger partial charge in [-0.1, -0.05) is 67.9 Å². The van der Waals surface area contributed by atoms with Crippen molar-refractivity contribution in [1.29, 1.82) is 0 Å². The van der Waals surface area contributed by atoms with E-state index in [2.05, 4.69) is 11.9 Å². The summed E-state index contributed by atoms with van der Waals surface area (Å²) in [7, 11) is 0. The molecule has 27 heavy (non-hydrogen) atoms. The minimum absolute atomic E-state index is 0.211. The second kappa shape index (κ2) is 8.73. The zero-order chi connectivity index (χ0) is 19.2. The highest BCUT2D eigenvalue weighted by Gasteiger charge is 2.19. The Morgan fingerprint density at radius 3 is 2.41 bits per heavy atom. The average Bonchev–Trinajstić information content (AvgIpc) is 3.09. The van der Waals surface area contributed by atoms with Gasteiger partial charge < -0.3 is 4.74 Å². The van der Waals surface area contributed by atoms with Gasteiger partial charge in [0.15, 0.2) is 12.4 Å². The molecule has 0 N–H and O–H groups in total. The Morgan fingerprint density at radius 2 is 1.74 bits per heavy atom.